The number of anilines is 1. The lowest BCUT2D eigenvalue weighted by Crippen LogP contribution is -2.20. The zero-order chi connectivity index (χ0) is 15.6. The minimum atomic E-state index is -0.500. The Morgan fingerprint density at radius 1 is 1.43 bits per heavy atom. The molecule has 0 saturated heterocycles. The molecule has 2 rings (SSSR count). The molecule has 7 nitrogen and oxygen atoms in total. The van der Waals surface area contributed by atoms with Crippen molar-refractivity contribution in [2.45, 2.75) is 20.4 Å². The highest BCUT2D eigenvalue weighted by molar-refractivity contribution is 6.33. The van der Waals surface area contributed by atoms with E-state index in [1.165, 1.54) is 11.6 Å². The fourth-order valence-corrected chi connectivity index (χ4v) is 2.18. The van der Waals surface area contributed by atoms with Gasteiger partial charge in [0.05, 0.1) is 15.6 Å². The molecule has 0 fully saturated rings. The Morgan fingerprint density at radius 3 is 2.67 bits per heavy atom. The highest BCUT2D eigenvalue weighted by Gasteiger charge is 2.22. The summed E-state index contributed by atoms with van der Waals surface area (Å²) < 4.78 is 1.31. The number of nitrogens with zero attached hydrogens (tertiary/aromatic N) is 3. The Hall–Kier alpha value is -2.41. The summed E-state index contributed by atoms with van der Waals surface area (Å²) in [6.07, 6.45) is 0. The number of halogens is 1. The maximum Gasteiger partial charge on any atom is 0.312 e. The summed E-state index contributed by atoms with van der Waals surface area (Å²) in [7, 11) is 0. The first-order valence-electron chi connectivity index (χ1n) is 6.13. The van der Waals surface area contributed by atoms with Gasteiger partial charge in [0.1, 0.15) is 17.9 Å². The molecule has 0 aliphatic rings. The number of aryl methyl sites for hydroxylation is 1. The second-order valence-electron chi connectivity index (χ2n) is 4.46. The first-order chi connectivity index (χ1) is 9.90. The molecule has 21 heavy (non-hydrogen) atoms. The quantitative estimate of drug-likeness (QED) is 0.694. The van der Waals surface area contributed by atoms with Crippen LogP contribution in [0.1, 0.15) is 11.4 Å². The van der Waals surface area contributed by atoms with E-state index in [9.17, 15) is 14.9 Å². The lowest BCUT2D eigenvalue weighted by molar-refractivity contribution is -0.386. The van der Waals surface area contributed by atoms with E-state index in [0.29, 0.717) is 16.4 Å². The molecule has 0 unspecified atom stereocenters. The van der Waals surface area contributed by atoms with Gasteiger partial charge in [0.15, 0.2) is 0 Å². The van der Waals surface area contributed by atoms with E-state index in [1.54, 1.807) is 31.2 Å². The number of benzene rings is 1. The van der Waals surface area contributed by atoms with Gasteiger partial charge < -0.3 is 5.32 Å². The van der Waals surface area contributed by atoms with Crippen molar-refractivity contribution in [2.75, 3.05) is 5.32 Å². The number of nitro groups is 1. The predicted octanol–water partition coefficient (Wildman–Crippen LogP) is 2.70. The number of hydrogen-bond donors (Lipinski definition) is 1. The van der Waals surface area contributed by atoms with Gasteiger partial charge in [-0.15, -0.1) is 0 Å². The van der Waals surface area contributed by atoms with Crippen molar-refractivity contribution in [2.24, 2.45) is 0 Å². The molecular weight excluding hydrogens is 296 g/mol. The van der Waals surface area contributed by atoms with Crippen molar-refractivity contribution in [3.8, 4) is 0 Å². The molecule has 1 N–H and O–H groups in total. The van der Waals surface area contributed by atoms with Gasteiger partial charge in [0.2, 0.25) is 5.91 Å². The van der Waals surface area contributed by atoms with Crippen molar-refractivity contribution in [1.29, 1.82) is 0 Å². The SMILES string of the molecule is Cc1nn(CC(=O)Nc2ccccc2Cl)c(C)c1[N+](=O)[O-]. The van der Waals surface area contributed by atoms with Gasteiger partial charge in [-0.3, -0.25) is 19.6 Å². The Labute approximate surface area is 125 Å². The predicted molar refractivity (Wildman–Crippen MR) is 78.4 cm³/mol. The lowest BCUT2D eigenvalue weighted by atomic mass is 10.3. The number of para-hydroxylation sites is 1. The number of aromatic nitrogens is 2. The Morgan fingerprint density at radius 2 is 2.10 bits per heavy atom. The van der Waals surface area contributed by atoms with Crippen LogP contribution in [0.2, 0.25) is 5.02 Å². The third-order valence-electron chi connectivity index (χ3n) is 2.97. The normalized spacial score (nSPS) is 10.4. The standard InChI is InChI=1S/C13H13ClN4O3/c1-8-13(18(20)21)9(2)17(16-8)7-12(19)15-11-6-4-3-5-10(11)14/h3-6H,7H2,1-2H3,(H,15,19). The smallest absolute Gasteiger partial charge is 0.312 e. The van der Waals surface area contributed by atoms with E-state index >= 15 is 0 Å². The molecule has 0 aliphatic heterocycles. The molecule has 2 aromatic rings. The number of amides is 1. The first-order valence-corrected chi connectivity index (χ1v) is 6.50. The van der Waals surface area contributed by atoms with E-state index in [0.717, 1.165) is 0 Å². The molecule has 0 atom stereocenters. The summed E-state index contributed by atoms with van der Waals surface area (Å²) in [5.41, 5.74) is 1.04. The van der Waals surface area contributed by atoms with Crippen LogP contribution in [0.25, 0.3) is 0 Å². The minimum absolute atomic E-state index is 0.0689. The van der Waals surface area contributed by atoms with Crippen LogP contribution < -0.4 is 5.32 Å². The van der Waals surface area contributed by atoms with Crippen molar-refractivity contribution < 1.29 is 9.72 Å². The van der Waals surface area contributed by atoms with Crippen LogP contribution in [0.5, 0.6) is 0 Å². The zero-order valence-corrected chi connectivity index (χ0v) is 12.2. The van der Waals surface area contributed by atoms with Crippen LogP contribution in [0.15, 0.2) is 24.3 Å². The molecule has 1 heterocycles. The third-order valence-corrected chi connectivity index (χ3v) is 3.30. The molecular formula is C13H13ClN4O3. The molecule has 8 heteroatoms. The summed E-state index contributed by atoms with van der Waals surface area (Å²) in [6, 6.07) is 6.83. The van der Waals surface area contributed by atoms with Crippen molar-refractivity contribution in [3.63, 3.8) is 0 Å². The summed E-state index contributed by atoms with van der Waals surface area (Å²) >= 11 is 5.95. The number of hydrogen-bond acceptors (Lipinski definition) is 4. The Kier molecular flexibility index (Phi) is 4.23. The average molecular weight is 309 g/mol. The monoisotopic (exact) mass is 308 g/mol. The molecule has 0 radical (unpaired) electrons. The maximum atomic E-state index is 12.0. The van der Waals surface area contributed by atoms with Crippen molar-refractivity contribution >= 4 is 28.9 Å². The van der Waals surface area contributed by atoms with Gasteiger partial charge >= 0.3 is 5.69 Å². The van der Waals surface area contributed by atoms with Crippen LogP contribution in [0.4, 0.5) is 11.4 Å². The van der Waals surface area contributed by atoms with Crippen LogP contribution >= 0.6 is 11.6 Å². The fraction of sp³-hybridized carbons (Fsp3) is 0.231. The van der Waals surface area contributed by atoms with E-state index < -0.39 is 4.92 Å². The minimum Gasteiger partial charge on any atom is -0.323 e. The van der Waals surface area contributed by atoms with E-state index in [4.69, 9.17) is 11.6 Å². The highest BCUT2D eigenvalue weighted by atomic mass is 35.5. The van der Waals surface area contributed by atoms with Crippen LogP contribution in [-0.2, 0) is 11.3 Å². The Bertz CT molecular complexity index is 711. The van der Waals surface area contributed by atoms with Crippen LogP contribution in [-0.4, -0.2) is 20.6 Å². The number of nitrogens with one attached hydrogen (secondary N) is 1. The average Bonchev–Trinajstić information content (AvgIpc) is 2.67. The largest absolute Gasteiger partial charge is 0.323 e. The van der Waals surface area contributed by atoms with Gasteiger partial charge in [0, 0.05) is 0 Å². The molecule has 0 spiro atoms. The van der Waals surface area contributed by atoms with Crippen molar-refractivity contribution in [3.05, 3.63) is 50.8 Å². The summed E-state index contributed by atoms with van der Waals surface area (Å²) in [5.74, 6) is -0.358. The molecule has 0 bridgehead atoms. The van der Waals surface area contributed by atoms with E-state index in [2.05, 4.69) is 10.4 Å². The summed E-state index contributed by atoms with van der Waals surface area (Å²) in [4.78, 5) is 22.4. The van der Waals surface area contributed by atoms with Crippen LogP contribution in [0.3, 0.4) is 0 Å². The maximum absolute atomic E-state index is 12.0. The summed E-state index contributed by atoms with van der Waals surface area (Å²) in [6.45, 7) is 2.97. The molecule has 1 aromatic carbocycles. The van der Waals surface area contributed by atoms with E-state index in [1.807, 2.05) is 0 Å². The van der Waals surface area contributed by atoms with Gasteiger partial charge in [0.25, 0.3) is 0 Å². The fourth-order valence-electron chi connectivity index (χ4n) is 1.99. The zero-order valence-electron chi connectivity index (χ0n) is 11.5. The van der Waals surface area contributed by atoms with Gasteiger partial charge in [-0.2, -0.15) is 5.10 Å². The van der Waals surface area contributed by atoms with Crippen molar-refractivity contribution in [1.82, 2.24) is 9.78 Å². The van der Waals surface area contributed by atoms with Gasteiger partial charge in [-0.1, -0.05) is 23.7 Å². The first kappa shape index (κ1) is 15.0. The van der Waals surface area contributed by atoms with Gasteiger partial charge in [-0.25, -0.2) is 0 Å². The highest BCUT2D eigenvalue weighted by Crippen LogP contribution is 2.23. The topological polar surface area (TPSA) is 90.1 Å². The second-order valence-corrected chi connectivity index (χ2v) is 4.87. The van der Waals surface area contributed by atoms with Gasteiger partial charge in [-0.05, 0) is 26.0 Å². The molecule has 1 aromatic heterocycles. The third kappa shape index (κ3) is 3.19. The number of rotatable bonds is 4. The molecule has 1 amide bonds. The van der Waals surface area contributed by atoms with Crippen LogP contribution in [0, 0.1) is 24.0 Å². The molecule has 0 saturated carbocycles. The molecule has 110 valence electrons. The van der Waals surface area contributed by atoms with E-state index in [-0.39, 0.29) is 23.8 Å². The summed E-state index contributed by atoms with van der Waals surface area (Å²) in [5, 5.41) is 18.0. The lowest BCUT2D eigenvalue weighted by Gasteiger charge is -2.07. The number of carbonyl (C=O) groups excluding carboxylic acids is 1. The number of carbonyl (C=O) groups is 1. The second kappa shape index (κ2) is 5.92. The molecule has 0 aliphatic carbocycles. The Balaban J connectivity index is 2.16.